The van der Waals surface area contributed by atoms with Crippen molar-refractivity contribution in [2.24, 2.45) is 11.8 Å². The van der Waals surface area contributed by atoms with E-state index in [2.05, 4.69) is 0 Å². The highest BCUT2D eigenvalue weighted by Gasteiger charge is 2.42. The molecule has 1 nitrogen and oxygen atoms in total. The standard InChI is InChI=1S/C10H17B2ClO/c1-14-12-5-8-2-9(6-12)4-10(11,3-8)7-13/h8-9H,2-7H2,1H3. The van der Waals surface area contributed by atoms with E-state index < -0.39 is 0 Å². The van der Waals surface area contributed by atoms with Crippen LogP contribution < -0.4 is 0 Å². The maximum absolute atomic E-state index is 6.26. The van der Waals surface area contributed by atoms with Crippen LogP contribution in [0, 0.1) is 11.8 Å². The molecule has 2 bridgehead atoms. The number of rotatable bonds is 2. The number of fused-ring (bicyclic) bond motifs is 2. The summed E-state index contributed by atoms with van der Waals surface area (Å²) < 4.78 is 5.46. The van der Waals surface area contributed by atoms with E-state index in [0.29, 0.717) is 12.8 Å². The molecule has 0 aromatic carbocycles. The Bertz CT molecular complexity index is 198. The minimum absolute atomic E-state index is 0.0894. The van der Waals surface area contributed by atoms with E-state index in [0.717, 1.165) is 24.7 Å². The van der Waals surface area contributed by atoms with Crippen LogP contribution in [0.25, 0.3) is 0 Å². The maximum atomic E-state index is 6.26. The molecule has 1 saturated heterocycles. The second-order valence-electron chi connectivity index (χ2n) is 5.20. The van der Waals surface area contributed by atoms with Gasteiger partial charge in [-0.25, -0.2) is 0 Å². The molecule has 76 valence electrons. The molecule has 1 aliphatic heterocycles. The molecule has 2 atom stereocenters. The zero-order valence-corrected chi connectivity index (χ0v) is 9.59. The van der Waals surface area contributed by atoms with Crippen LogP contribution in [0.1, 0.15) is 19.3 Å². The van der Waals surface area contributed by atoms with Crippen LogP contribution in [-0.2, 0) is 4.65 Å². The number of halogens is 1. The molecule has 1 saturated carbocycles. The maximum Gasteiger partial charge on any atom is 0.293 e. The third kappa shape index (κ3) is 2.14. The number of hydrogen-bond donors (Lipinski definition) is 0. The Morgan fingerprint density at radius 3 is 2.43 bits per heavy atom. The van der Waals surface area contributed by atoms with Crippen LogP contribution in [-0.4, -0.2) is 27.8 Å². The minimum Gasteiger partial charge on any atom is -0.438 e. The Kier molecular flexibility index (Phi) is 3.18. The zero-order chi connectivity index (χ0) is 10.2. The highest BCUT2D eigenvalue weighted by molar-refractivity contribution is 6.52. The first-order valence-corrected chi connectivity index (χ1v) is 6.06. The predicted molar refractivity (Wildman–Crippen MR) is 62.4 cm³/mol. The van der Waals surface area contributed by atoms with Crippen molar-refractivity contribution in [2.45, 2.75) is 37.2 Å². The van der Waals surface area contributed by atoms with Crippen molar-refractivity contribution >= 4 is 26.4 Å². The predicted octanol–water partition coefficient (Wildman–Crippen LogP) is 2.62. The topological polar surface area (TPSA) is 9.23 Å². The first kappa shape index (κ1) is 10.9. The van der Waals surface area contributed by atoms with Crippen molar-refractivity contribution in [3.05, 3.63) is 0 Å². The summed E-state index contributed by atoms with van der Waals surface area (Å²) in [6.45, 7) is 0.471. The van der Waals surface area contributed by atoms with Gasteiger partial charge < -0.3 is 4.65 Å². The van der Waals surface area contributed by atoms with Gasteiger partial charge in [0, 0.05) is 13.0 Å². The summed E-state index contributed by atoms with van der Waals surface area (Å²) in [5, 5.41) is -0.0894. The average Bonchev–Trinajstić information content (AvgIpc) is 2.16. The first-order valence-electron chi connectivity index (χ1n) is 5.53. The van der Waals surface area contributed by atoms with Crippen molar-refractivity contribution in [3.63, 3.8) is 0 Å². The lowest BCUT2D eigenvalue weighted by molar-refractivity contribution is 0.216. The molecule has 14 heavy (non-hydrogen) atoms. The van der Waals surface area contributed by atoms with Gasteiger partial charge in [0.1, 0.15) is 0 Å². The third-order valence-corrected chi connectivity index (χ3v) is 4.38. The molecule has 0 spiro atoms. The Morgan fingerprint density at radius 2 is 2.00 bits per heavy atom. The summed E-state index contributed by atoms with van der Waals surface area (Å²) in [7, 11) is 8.09. The van der Waals surface area contributed by atoms with Crippen molar-refractivity contribution < 1.29 is 4.65 Å². The van der Waals surface area contributed by atoms with Gasteiger partial charge in [-0.1, -0.05) is 18.2 Å². The number of alkyl halides is 1. The largest absolute Gasteiger partial charge is 0.438 e. The summed E-state index contributed by atoms with van der Waals surface area (Å²) in [6.07, 6.45) is 5.89. The van der Waals surface area contributed by atoms with Crippen LogP contribution in [0.3, 0.4) is 0 Å². The molecule has 4 heteroatoms. The summed E-state index contributed by atoms with van der Waals surface area (Å²) in [5.74, 6) is 2.10. The molecule has 1 heterocycles. The van der Waals surface area contributed by atoms with Gasteiger partial charge in [0.25, 0.3) is 6.92 Å². The molecule has 2 unspecified atom stereocenters. The van der Waals surface area contributed by atoms with Crippen LogP contribution >= 0.6 is 11.6 Å². The summed E-state index contributed by atoms with van der Waals surface area (Å²) in [4.78, 5) is 0. The first-order chi connectivity index (χ1) is 6.65. The van der Waals surface area contributed by atoms with E-state index in [1.807, 2.05) is 7.11 Å². The smallest absolute Gasteiger partial charge is 0.293 e. The Hall–Kier alpha value is 0.380. The fraction of sp³-hybridized carbons (Fsp3) is 1.00. The van der Waals surface area contributed by atoms with Crippen molar-refractivity contribution in [1.29, 1.82) is 0 Å². The van der Waals surface area contributed by atoms with E-state index in [1.165, 1.54) is 19.1 Å². The van der Waals surface area contributed by atoms with Gasteiger partial charge in [-0.2, -0.15) is 0 Å². The van der Waals surface area contributed by atoms with Gasteiger partial charge in [-0.3, -0.25) is 0 Å². The molecular formula is C10H17B2ClO. The SMILES string of the molecule is [B]C1(CCl)CC2CB(OC)CC(C2)C1. The third-order valence-electron chi connectivity index (χ3n) is 3.85. The van der Waals surface area contributed by atoms with E-state index >= 15 is 0 Å². The van der Waals surface area contributed by atoms with Gasteiger partial charge in [0.2, 0.25) is 0 Å². The molecule has 2 radical (unpaired) electrons. The molecule has 1 aliphatic carbocycles. The summed E-state index contributed by atoms with van der Waals surface area (Å²) in [5.41, 5.74) is 0. The van der Waals surface area contributed by atoms with Crippen LogP contribution in [0.4, 0.5) is 0 Å². The van der Waals surface area contributed by atoms with Crippen molar-refractivity contribution in [2.75, 3.05) is 13.0 Å². The minimum atomic E-state index is -0.0894. The Morgan fingerprint density at radius 1 is 1.43 bits per heavy atom. The van der Waals surface area contributed by atoms with Gasteiger partial charge in [0.15, 0.2) is 0 Å². The lowest BCUT2D eigenvalue weighted by Crippen LogP contribution is -2.39. The molecule has 0 aromatic heterocycles. The molecule has 2 rings (SSSR count). The van der Waals surface area contributed by atoms with E-state index in [4.69, 9.17) is 24.1 Å². The van der Waals surface area contributed by atoms with Gasteiger partial charge in [-0.05, 0) is 30.9 Å². The summed E-state index contributed by atoms with van der Waals surface area (Å²) in [6, 6.07) is 0. The van der Waals surface area contributed by atoms with Crippen LogP contribution in [0.2, 0.25) is 18.0 Å². The lowest BCUT2D eigenvalue weighted by Gasteiger charge is -2.46. The molecule has 0 amide bonds. The molecule has 0 aromatic rings. The zero-order valence-electron chi connectivity index (χ0n) is 8.84. The highest BCUT2D eigenvalue weighted by atomic mass is 35.5. The average molecular weight is 210 g/mol. The Labute approximate surface area is 93.4 Å². The molecule has 2 aliphatic rings. The molecule has 0 N–H and O–H groups in total. The van der Waals surface area contributed by atoms with E-state index in [-0.39, 0.29) is 5.31 Å². The summed E-state index contributed by atoms with van der Waals surface area (Å²) >= 11 is 5.95. The van der Waals surface area contributed by atoms with E-state index in [1.54, 1.807) is 0 Å². The van der Waals surface area contributed by atoms with Gasteiger partial charge in [0.05, 0.1) is 7.85 Å². The normalized spacial score (nSPS) is 42.6. The van der Waals surface area contributed by atoms with Gasteiger partial charge >= 0.3 is 0 Å². The quantitative estimate of drug-likeness (QED) is 0.503. The highest BCUT2D eigenvalue weighted by Crippen LogP contribution is 2.52. The molecular weight excluding hydrogens is 193 g/mol. The monoisotopic (exact) mass is 210 g/mol. The van der Waals surface area contributed by atoms with E-state index in [9.17, 15) is 0 Å². The lowest BCUT2D eigenvalue weighted by atomic mass is 9.42. The van der Waals surface area contributed by atoms with Crippen molar-refractivity contribution in [1.82, 2.24) is 0 Å². The molecule has 2 fully saturated rings. The van der Waals surface area contributed by atoms with Crippen LogP contribution in [0.15, 0.2) is 0 Å². The fourth-order valence-corrected chi connectivity index (χ4v) is 3.59. The Balaban J connectivity index is 2.02. The van der Waals surface area contributed by atoms with Crippen LogP contribution in [0.5, 0.6) is 0 Å². The van der Waals surface area contributed by atoms with Crippen molar-refractivity contribution in [3.8, 4) is 0 Å². The second-order valence-corrected chi connectivity index (χ2v) is 5.47. The fourth-order valence-electron chi connectivity index (χ4n) is 3.37. The second kappa shape index (κ2) is 4.09. The van der Waals surface area contributed by atoms with Gasteiger partial charge in [-0.15, -0.1) is 11.6 Å². The number of hydrogen-bond acceptors (Lipinski definition) is 1.